The van der Waals surface area contributed by atoms with Gasteiger partial charge in [-0.1, -0.05) is 30.3 Å². The summed E-state index contributed by atoms with van der Waals surface area (Å²) >= 11 is 0. The van der Waals surface area contributed by atoms with Gasteiger partial charge in [-0.3, -0.25) is 4.79 Å². The lowest BCUT2D eigenvalue weighted by molar-refractivity contribution is -0.159. The van der Waals surface area contributed by atoms with Crippen LogP contribution >= 0.6 is 0 Å². The van der Waals surface area contributed by atoms with Gasteiger partial charge in [-0.15, -0.1) is 0 Å². The predicted molar refractivity (Wildman–Crippen MR) is 75.1 cm³/mol. The van der Waals surface area contributed by atoms with E-state index in [0.717, 1.165) is 5.56 Å². The molecule has 1 aromatic carbocycles. The summed E-state index contributed by atoms with van der Waals surface area (Å²) in [7, 11) is 0. The molecule has 2 N–H and O–H groups in total. The lowest BCUT2D eigenvalue weighted by Crippen LogP contribution is -2.44. The second-order valence-electron chi connectivity index (χ2n) is 5.02. The van der Waals surface area contributed by atoms with E-state index in [-0.39, 0.29) is 6.61 Å². The third-order valence-electron chi connectivity index (χ3n) is 3.01. The van der Waals surface area contributed by atoms with Crippen LogP contribution in [0.4, 0.5) is 13.2 Å². The number of nitrogens with one attached hydrogen (secondary N) is 1. The van der Waals surface area contributed by atoms with Crippen molar-refractivity contribution in [2.24, 2.45) is 5.92 Å². The molecular weight excluding hydrogens is 315 g/mol. The average Bonchev–Trinajstić information content (AvgIpc) is 2.50. The van der Waals surface area contributed by atoms with E-state index in [9.17, 15) is 22.8 Å². The highest BCUT2D eigenvalue weighted by Gasteiger charge is 2.35. The molecule has 0 bridgehead atoms. The van der Waals surface area contributed by atoms with E-state index >= 15 is 0 Å². The smallest absolute Gasteiger partial charge is 0.389 e. The molecule has 1 aromatic rings. The van der Waals surface area contributed by atoms with Gasteiger partial charge in [0.15, 0.2) is 0 Å². The molecule has 0 spiro atoms. The van der Waals surface area contributed by atoms with Crippen molar-refractivity contribution in [1.82, 2.24) is 5.32 Å². The normalized spacial score (nSPS) is 14.0. The van der Waals surface area contributed by atoms with E-state index in [1.165, 1.54) is 6.92 Å². The van der Waals surface area contributed by atoms with Crippen molar-refractivity contribution in [3.8, 4) is 0 Å². The topological polar surface area (TPSA) is 75.6 Å². The number of hydrogen-bond donors (Lipinski definition) is 2. The van der Waals surface area contributed by atoms with Crippen molar-refractivity contribution in [3.63, 3.8) is 0 Å². The molecule has 0 aliphatic rings. The van der Waals surface area contributed by atoms with E-state index in [0.29, 0.717) is 0 Å². The molecule has 2 atom stereocenters. The molecule has 0 heterocycles. The fraction of sp³-hybridized carbons (Fsp3) is 0.467. The van der Waals surface area contributed by atoms with Gasteiger partial charge in [0.25, 0.3) is 0 Å². The monoisotopic (exact) mass is 333 g/mol. The van der Waals surface area contributed by atoms with Crippen molar-refractivity contribution in [2.45, 2.75) is 32.2 Å². The molecule has 0 fully saturated rings. The maximum atomic E-state index is 12.3. The first kappa shape index (κ1) is 19.0. The van der Waals surface area contributed by atoms with Crippen molar-refractivity contribution in [1.29, 1.82) is 0 Å². The Balaban J connectivity index is 2.48. The molecule has 0 radical (unpaired) electrons. The predicted octanol–water partition coefficient (Wildman–Crippen LogP) is 1.80. The number of esters is 1. The number of alkyl halides is 3. The van der Waals surface area contributed by atoms with Crippen molar-refractivity contribution < 1.29 is 32.6 Å². The minimum absolute atomic E-state index is 0.00807. The lowest BCUT2D eigenvalue weighted by Gasteiger charge is -2.19. The zero-order valence-corrected chi connectivity index (χ0v) is 12.5. The Bertz CT molecular complexity index is 519. The van der Waals surface area contributed by atoms with Crippen LogP contribution in [0.2, 0.25) is 0 Å². The number of rotatable bonds is 7. The van der Waals surface area contributed by atoms with Crippen LogP contribution in [0.5, 0.6) is 0 Å². The molecule has 5 nitrogen and oxygen atoms in total. The minimum atomic E-state index is -4.58. The Morgan fingerprint density at radius 3 is 2.39 bits per heavy atom. The van der Waals surface area contributed by atoms with Crippen LogP contribution in [-0.4, -0.2) is 35.8 Å². The SMILES string of the molecule is C[C@@H](NC(=O)C(CO)CC(F)(F)F)C(=O)OCc1ccccc1. The largest absolute Gasteiger partial charge is 0.459 e. The van der Waals surface area contributed by atoms with Crippen molar-refractivity contribution in [3.05, 3.63) is 35.9 Å². The maximum absolute atomic E-state index is 12.3. The summed E-state index contributed by atoms with van der Waals surface area (Å²) in [5, 5.41) is 11.0. The van der Waals surface area contributed by atoms with Crippen LogP contribution in [0, 0.1) is 5.92 Å². The molecule has 1 unspecified atom stereocenters. The minimum Gasteiger partial charge on any atom is -0.459 e. The number of hydrogen-bond acceptors (Lipinski definition) is 4. The van der Waals surface area contributed by atoms with Gasteiger partial charge in [-0.25, -0.2) is 4.79 Å². The Kier molecular flexibility index (Phi) is 7.02. The highest BCUT2D eigenvalue weighted by Crippen LogP contribution is 2.24. The fourth-order valence-corrected chi connectivity index (χ4v) is 1.76. The standard InChI is InChI=1S/C15H18F3NO4/c1-10(14(22)23-9-11-5-3-2-4-6-11)19-13(21)12(8-20)7-15(16,17)18/h2-6,10,12,20H,7-9H2,1H3,(H,19,21)/t10-,12?/m1/s1. The second kappa shape index (κ2) is 8.52. The van der Waals surface area contributed by atoms with E-state index in [2.05, 4.69) is 5.32 Å². The molecule has 0 aliphatic carbocycles. The van der Waals surface area contributed by atoms with Crippen LogP contribution < -0.4 is 5.32 Å². The molecule has 23 heavy (non-hydrogen) atoms. The number of carbonyl (C=O) groups is 2. The van der Waals surface area contributed by atoms with Crippen molar-refractivity contribution >= 4 is 11.9 Å². The van der Waals surface area contributed by atoms with E-state index in [1.807, 2.05) is 0 Å². The molecular formula is C15H18F3NO4. The molecule has 1 amide bonds. The molecule has 128 valence electrons. The molecule has 8 heteroatoms. The van der Waals surface area contributed by atoms with Crippen LogP contribution in [0.3, 0.4) is 0 Å². The Labute approximate surface area is 131 Å². The Hall–Kier alpha value is -2.09. The van der Waals surface area contributed by atoms with Crippen LogP contribution in [-0.2, 0) is 20.9 Å². The Morgan fingerprint density at radius 2 is 1.87 bits per heavy atom. The van der Waals surface area contributed by atoms with Crippen LogP contribution in [0.15, 0.2) is 30.3 Å². The molecule has 0 aliphatic heterocycles. The van der Waals surface area contributed by atoms with Crippen LogP contribution in [0.1, 0.15) is 18.9 Å². The summed E-state index contributed by atoms with van der Waals surface area (Å²) < 4.78 is 41.8. The third kappa shape index (κ3) is 7.14. The summed E-state index contributed by atoms with van der Waals surface area (Å²) in [6, 6.07) is 7.68. The van der Waals surface area contributed by atoms with Gasteiger partial charge in [0.05, 0.1) is 18.9 Å². The number of aliphatic hydroxyl groups excluding tert-OH is 1. The van der Waals surface area contributed by atoms with Crippen LogP contribution in [0.25, 0.3) is 0 Å². The summed E-state index contributed by atoms with van der Waals surface area (Å²) in [5.41, 5.74) is 0.740. The first-order valence-electron chi connectivity index (χ1n) is 6.91. The van der Waals surface area contributed by atoms with E-state index < -0.39 is 43.0 Å². The van der Waals surface area contributed by atoms with Gasteiger partial charge in [0.2, 0.25) is 5.91 Å². The summed E-state index contributed by atoms with van der Waals surface area (Å²) in [6.45, 7) is 0.330. The van der Waals surface area contributed by atoms with Gasteiger partial charge in [0, 0.05) is 0 Å². The second-order valence-corrected chi connectivity index (χ2v) is 5.02. The molecule has 1 rings (SSSR count). The number of ether oxygens (including phenoxy) is 1. The van der Waals surface area contributed by atoms with E-state index in [4.69, 9.17) is 9.84 Å². The zero-order valence-electron chi connectivity index (χ0n) is 12.5. The number of benzene rings is 1. The highest BCUT2D eigenvalue weighted by atomic mass is 19.4. The fourth-order valence-electron chi connectivity index (χ4n) is 1.76. The highest BCUT2D eigenvalue weighted by molar-refractivity contribution is 5.85. The maximum Gasteiger partial charge on any atom is 0.389 e. The number of amides is 1. The quantitative estimate of drug-likeness (QED) is 0.746. The molecule has 0 saturated carbocycles. The van der Waals surface area contributed by atoms with Gasteiger partial charge >= 0.3 is 12.1 Å². The van der Waals surface area contributed by atoms with Gasteiger partial charge in [-0.05, 0) is 12.5 Å². The zero-order chi connectivity index (χ0) is 17.5. The summed E-state index contributed by atoms with van der Waals surface area (Å²) in [4.78, 5) is 23.4. The Morgan fingerprint density at radius 1 is 1.26 bits per heavy atom. The summed E-state index contributed by atoms with van der Waals surface area (Å²) in [5.74, 6) is -3.47. The molecule has 0 aromatic heterocycles. The molecule has 0 saturated heterocycles. The van der Waals surface area contributed by atoms with Crippen molar-refractivity contribution in [2.75, 3.05) is 6.61 Å². The summed E-state index contributed by atoms with van der Waals surface area (Å²) in [6.07, 6.45) is -6.04. The first-order chi connectivity index (χ1) is 10.7. The first-order valence-corrected chi connectivity index (χ1v) is 6.91. The number of carbonyl (C=O) groups excluding carboxylic acids is 2. The van der Waals surface area contributed by atoms with Gasteiger partial charge in [-0.2, -0.15) is 13.2 Å². The average molecular weight is 333 g/mol. The number of halogens is 3. The lowest BCUT2D eigenvalue weighted by atomic mass is 10.1. The van der Waals surface area contributed by atoms with Gasteiger partial charge in [0.1, 0.15) is 12.6 Å². The van der Waals surface area contributed by atoms with Gasteiger partial charge < -0.3 is 15.2 Å². The third-order valence-corrected chi connectivity index (χ3v) is 3.01. The van der Waals surface area contributed by atoms with E-state index in [1.54, 1.807) is 30.3 Å². The number of aliphatic hydroxyl groups is 1.